The summed E-state index contributed by atoms with van der Waals surface area (Å²) in [6.07, 6.45) is 5.96. The average Bonchev–Trinajstić information content (AvgIpc) is 2.91. The maximum absolute atomic E-state index is 13.5. The monoisotopic (exact) mass is 599 g/mol. The van der Waals surface area contributed by atoms with Gasteiger partial charge in [0.25, 0.3) is 15.6 Å². The number of hydrogen-bond acceptors (Lipinski definition) is 7. The highest BCUT2D eigenvalue weighted by molar-refractivity contribution is 7.92. The number of ether oxygens (including phenoxy) is 1. The van der Waals surface area contributed by atoms with Crippen LogP contribution in [-0.4, -0.2) is 42.0 Å². The van der Waals surface area contributed by atoms with Crippen LogP contribution in [0.4, 0.5) is 10.1 Å². The molecule has 0 radical (unpaired) electrons. The van der Waals surface area contributed by atoms with Gasteiger partial charge in [0.1, 0.15) is 16.4 Å². The van der Waals surface area contributed by atoms with Crippen molar-refractivity contribution in [3.05, 3.63) is 76.2 Å². The van der Waals surface area contributed by atoms with Gasteiger partial charge in [-0.25, -0.2) is 22.8 Å². The van der Waals surface area contributed by atoms with Crippen LogP contribution in [0, 0.1) is 11.7 Å². The second-order valence-corrected chi connectivity index (χ2v) is 12.0. The molecule has 2 heterocycles. The van der Waals surface area contributed by atoms with Crippen LogP contribution in [0.5, 0.6) is 5.88 Å². The fourth-order valence-electron chi connectivity index (χ4n) is 4.48. The number of rotatable bonds is 9. The van der Waals surface area contributed by atoms with E-state index in [1.165, 1.54) is 30.3 Å². The zero-order chi connectivity index (χ0) is 29.3. The van der Waals surface area contributed by atoms with E-state index in [9.17, 15) is 22.4 Å². The summed E-state index contributed by atoms with van der Waals surface area (Å²) in [6.45, 7) is 1.94. The summed E-state index contributed by atoms with van der Waals surface area (Å²) in [5.41, 5.74) is 1.22. The Morgan fingerprint density at radius 1 is 1.17 bits per heavy atom. The number of methoxy groups -OCH3 is 1. The van der Waals surface area contributed by atoms with E-state index in [-0.39, 0.29) is 45.5 Å². The Kier molecular flexibility index (Phi) is 7.96. The second-order valence-electron chi connectivity index (χ2n) is 9.93. The summed E-state index contributed by atoms with van der Waals surface area (Å²) < 4.78 is 48.6. The number of halogens is 2. The number of hydrogen-bond donors (Lipinski definition) is 2. The van der Waals surface area contributed by atoms with E-state index in [0.717, 1.165) is 37.5 Å². The lowest BCUT2D eigenvalue weighted by atomic mass is 9.92. The lowest BCUT2D eigenvalue weighted by Crippen LogP contribution is -2.43. The highest BCUT2D eigenvalue weighted by Gasteiger charge is 2.24. The van der Waals surface area contributed by atoms with Crippen molar-refractivity contribution in [3.8, 4) is 17.0 Å². The molecule has 5 rings (SSSR count). The third-order valence-corrected chi connectivity index (χ3v) is 8.85. The highest BCUT2D eigenvalue weighted by atomic mass is 35.5. The molecule has 2 aromatic heterocycles. The zero-order valence-electron chi connectivity index (χ0n) is 22.2. The minimum Gasteiger partial charge on any atom is -0.480 e. The number of sulfonamides is 1. The van der Waals surface area contributed by atoms with Crippen molar-refractivity contribution in [3.63, 3.8) is 0 Å². The van der Waals surface area contributed by atoms with Gasteiger partial charge in [0, 0.05) is 24.3 Å². The number of fused-ring (bicyclic) bond motifs is 1. The molecule has 0 unspecified atom stereocenters. The third-order valence-electron chi connectivity index (χ3n) is 7.00. The standard InChI is InChI=1S/C28H27ClFN5O5S/c1-16(26(36)33-20-4-3-5-20)14-35-15-32-23-8-6-17(10-21(23)28(35)37)18-11-24(27(40-2)31-13-18)34-41(38,39)25-9-7-19(30)12-22(25)29/h6-13,15-16,20,34H,3-5,14H2,1-2H3,(H,33,36)/t16-/m0/s1. The molecule has 0 spiro atoms. The molecule has 1 aliphatic rings. The first kappa shape index (κ1) is 28.5. The first-order valence-electron chi connectivity index (χ1n) is 12.9. The number of aromatic nitrogens is 3. The van der Waals surface area contributed by atoms with Crippen LogP contribution in [0.15, 0.2) is 64.7 Å². The van der Waals surface area contributed by atoms with Crippen LogP contribution in [0.3, 0.4) is 0 Å². The molecule has 1 aliphatic carbocycles. The molecule has 2 aromatic carbocycles. The molecule has 1 amide bonds. The summed E-state index contributed by atoms with van der Waals surface area (Å²) >= 11 is 5.98. The van der Waals surface area contributed by atoms with Gasteiger partial charge in [0.2, 0.25) is 11.8 Å². The van der Waals surface area contributed by atoms with Gasteiger partial charge < -0.3 is 10.1 Å². The Labute approximate surface area is 240 Å². The van der Waals surface area contributed by atoms with Crippen molar-refractivity contribution in [2.75, 3.05) is 11.8 Å². The van der Waals surface area contributed by atoms with Gasteiger partial charge in [-0.15, -0.1) is 0 Å². The van der Waals surface area contributed by atoms with Gasteiger partial charge in [-0.3, -0.25) is 18.9 Å². The largest absolute Gasteiger partial charge is 0.480 e. The summed E-state index contributed by atoms with van der Waals surface area (Å²) in [4.78, 5) is 34.2. The summed E-state index contributed by atoms with van der Waals surface area (Å²) in [7, 11) is -2.89. The Bertz CT molecular complexity index is 1810. The molecule has 1 fully saturated rings. The molecule has 0 bridgehead atoms. The second kappa shape index (κ2) is 11.5. The van der Waals surface area contributed by atoms with Crippen LogP contribution < -0.4 is 20.3 Å². The molecule has 2 N–H and O–H groups in total. The highest BCUT2D eigenvalue weighted by Crippen LogP contribution is 2.32. The summed E-state index contributed by atoms with van der Waals surface area (Å²) in [6, 6.07) is 9.70. The van der Waals surface area contributed by atoms with E-state index in [0.29, 0.717) is 22.0 Å². The fourth-order valence-corrected chi connectivity index (χ4v) is 6.06. The molecule has 0 saturated heterocycles. The van der Waals surface area contributed by atoms with Crippen molar-refractivity contribution >= 4 is 44.1 Å². The molecule has 1 atom stereocenters. The molecule has 13 heteroatoms. The molecule has 4 aromatic rings. The SMILES string of the molecule is COc1ncc(-c2ccc3ncn(C[C@H](C)C(=O)NC4CCC4)c(=O)c3c2)cc1NS(=O)(=O)c1ccc(F)cc1Cl. The van der Waals surface area contributed by atoms with Crippen molar-refractivity contribution < 1.29 is 22.3 Å². The fraction of sp³-hybridized carbons (Fsp3) is 0.286. The molecule has 0 aliphatic heterocycles. The lowest BCUT2D eigenvalue weighted by Gasteiger charge is -2.27. The first-order chi connectivity index (χ1) is 19.6. The Balaban J connectivity index is 1.45. The minimum atomic E-state index is -4.23. The van der Waals surface area contributed by atoms with Crippen LogP contribution >= 0.6 is 11.6 Å². The number of anilines is 1. The average molecular weight is 600 g/mol. The van der Waals surface area contributed by atoms with Gasteiger partial charge in [0.05, 0.1) is 35.3 Å². The molecule has 1 saturated carbocycles. The minimum absolute atomic E-state index is 0.00506. The third kappa shape index (κ3) is 6.03. The Morgan fingerprint density at radius 3 is 2.63 bits per heavy atom. The summed E-state index contributed by atoms with van der Waals surface area (Å²) in [5, 5.41) is 3.05. The van der Waals surface area contributed by atoms with Crippen molar-refractivity contribution in [1.29, 1.82) is 0 Å². The van der Waals surface area contributed by atoms with Gasteiger partial charge in [-0.2, -0.15) is 0 Å². The van der Waals surface area contributed by atoms with Gasteiger partial charge in [-0.1, -0.05) is 24.6 Å². The number of nitrogens with one attached hydrogen (secondary N) is 2. The van der Waals surface area contributed by atoms with Crippen LogP contribution in [0.2, 0.25) is 5.02 Å². The van der Waals surface area contributed by atoms with Crippen molar-refractivity contribution in [2.24, 2.45) is 5.92 Å². The van der Waals surface area contributed by atoms with Gasteiger partial charge in [0.15, 0.2) is 0 Å². The van der Waals surface area contributed by atoms with E-state index >= 15 is 0 Å². The quantitative estimate of drug-likeness (QED) is 0.292. The van der Waals surface area contributed by atoms with Crippen LogP contribution in [0.25, 0.3) is 22.0 Å². The predicted octanol–water partition coefficient (Wildman–Crippen LogP) is 4.37. The maximum Gasteiger partial charge on any atom is 0.263 e. The molecular formula is C28H27ClFN5O5S. The van der Waals surface area contributed by atoms with E-state index in [1.807, 2.05) is 0 Å². The van der Waals surface area contributed by atoms with Crippen molar-refractivity contribution in [2.45, 2.75) is 43.7 Å². The van der Waals surface area contributed by atoms with Crippen molar-refractivity contribution in [1.82, 2.24) is 19.9 Å². The molecular weight excluding hydrogens is 573 g/mol. The van der Waals surface area contributed by atoms with Gasteiger partial charge >= 0.3 is 0 Å². The van der Waals surface area contributed by atoms with Gasteiger partial charge in [-0.05, 0) is 61.2 Å². The van der Waals surface area contributed by atoms with Crippen LogP contribution in [-0.2, 0) is 21.4 Å². The Morgan fingerprint density at radius 2 is 1.95 bits per heavy atom. The number of amides is 1. The normalized spacial score (nSPS) is 14.3. The molecule has 10 nitrogen and oxygen atoms in total. The van der Waals surface area contributed by atoms with Crippen LogP contribution in [0.1, 0.15) is 26.2 Å². The lowest BCUT2D eigenvalue weighted by molar-refractivity contribution is -0.126. The zero-order valence-corrected chi connectivity index (χ0v) is 23.8. The number of carbonyl (C=O) groups excluding carboxylic acids is 1. The number of pyridine rings is 1. The van der Waals surface area contributed by atoms with E-state index in [2.05, 4.69) is 20.0 Å². The number of carbonyl (C=O) groups is 1. The van der Waals surface area contributed by atoms with E-state index in [4.69, 9.17) is 16.3 Å². The van der Waals surface area contributed by atoms with E-state index < -0.39 is 21.8 Å². The number of benzene rings is 2. The number of nitrogens with zero attached hydrogens (tertiary/aromatic N) is 3. The maximum atomic E-state index is 13.5. The topological polar surface area (TPSA) is 132 Å². The molecule has 214 valence electrons. The summed E-state index contributed by atoms with van der Waals surface area (Å²) in [5.74, 6) is -1.20. The Hall–Kier alpha value is -4.03. The predicted molar refractivity (Wildman–Crippen MR) is 153 cm³/mol. The molecule has 41 heavy (non-hydrogen) atoms. The smallest absolute Gasteiger partial charge is 0.263 e. The first-order valence-corrected chi connectivity index (χ1v) is 14.7. The van der Waals surface area contributed by atoms with E-state index in [1.54, 1.807) is 25.1 Å².